The summed E-state index contributed by atoms with van der Waals surface area (Å²) in [5.74, 6) is 1.88. The summed E-state index contributed by atoms with van der Waals surface area (Å²) in [6, 6.07) is 5.98. The number of fused-ring (bicyclic) bond motifs is 2. The van der Waals surface area contributed by atoms with Crippen LogP contribution in [0.2, 0.25) is 0 Å². The van der Waals surface area contributed by atoms with Crippen LogP contribution in [0.15, 0.2) is 34.2 Å². The summed E-state index contributed by atoms with van der Waals surface area (Å²) in [5, 5.41) is 11.6. The van der Waals surface area contributed by atoms with Crippen LogP contribution in [0.4, 0.5) is 0 Å². The van der Waals surface area contributed by atoms with E-state index in [0.29, 0.717) is 18.5 Å². The quantitative estimate of drug-likeness (QED) is 0.656. The molecule has 0 bridgehead atoms. The summed E-state index contributed by atoms with van der Waals surface area (Å²) < 4.78 is 29.5. The maximum absolute atomic E-state index is 13.0. The average molecular weight is 459 g/mol. The Kier molecular flexibility index (Phi) is 6.59. The van der Waals surface area contributed by atoms with Crippen molar-refractivity contribution in [3.8, 4) is 0 Å². The second-order valence-corrected chi connectivity index (χ2v) is 10.1. The van der Waals surface area contributed by atoms with Crippen molar-refractivity contribution >= 4 is 21.8 Å². The zero-order valence-corrected chi connectivity index (χ0v) is 19.4. The molecule has 9 nitrogen and oxygen atoms in total. The number of rotatable bonds is 7. The summed E-state index contributed by atoms with van der Waals surface area (Å²) in [6.07, 6.45) is 5.74. The van der Waals surface area contributed by atoms with Crippen LogP contribution >= 0.6 is 0 Å². The lowest BCUT2D eigenvalue weighted by atomic mass is 9.98. The van der Waals surface area contributed by atoms with Gasteiger partial charge in [-0.25, -0.2) is 8.42 Å². The van der Waals surface area contributed by atoms with Crippen LogP contribution < -0.4 is 10.0 Å². The van der Waals surface area contributed by atoms with Gasteiger partial charge in [0, 0.05) is 31.5 Å². The molecular formula is C22H30N6O3S. The van der Waals surface area contributed by atoms with Crippen LogP contribution in [0.25, 0.3) is 0 Å². The molecule has 10 heteroatoms. The van der Waals surface area contributed by atoms with Crippen LogP contribution in [-0.2, 0) is 34.2 Å². The molecule has 0 radical (unpaired) electrons. The van der Waals surface area contributed by atoms with Gasteiger partial charge in [0.05, 0.1) is 4.90 Å². The Hall–Kier alpha value is -2.75. The summed E-state index contributed by atoms with van der Waals surface area (Å²) in [5.41, 5.74) is 0.500. The van der Waals surface area contributed by atoms with Crippen molar-refractivity contribution < 1.29 is 13.2 Å². The lowest BCUT2D eigenvalue weighted by Crippen LogP contribution is -2.40. The van der Waals surface area contributed by atoms with E-state index in [1.54, 1.807) is 24.3 Å². The van der Waals surface area contributed by atoms with E-state index in [1.807, 2.05) is 13.8 Å². The van der Waals surface area contributed by atoms with Gasteiger partial charge in [-0.3, -0.25) is 14.5 Å². The fraction of sp³-hybridized carbons (Fsp3) is 0.545. The van der Waals surface area contributed by atoms with Gasteiger partial charge in [0.15, 0.2) is 0 Å². The number of aromatic nitrogens is 3. The molecule has 4 rings (SSSR count). The standard InChI is InChI=1S/C22H30N6O3S/c1-3-15(2)20(24-21-16-9-6-7-10-17(16)32(30,31)27-21)22(29)23-13-12-19-26-25-18-11-5-4-8-14-28(18)19/h6-7,9-10,15,20H,3-5,8,11-14H2,1-2H3,(H,23,29)(H,24,27)/t15-,20-/m0/s1. The molecule has 0 fully saturated rings. The van der Waals surface area contributed by atoms with E-state index >= 15 is 0 Å². The van der Waals surface area contributed by atoms with Crippen molar-refractivity contribution in [1.29, 1.82) is 0 Å². The number of aryl methyl sites for hydroxylation is 1. The van der Waals surface area contributed by atoms with Crippen LogP contribution in [0.5, 0.6) is 0 Å². The number of sulfonamides is 1. The Morgan fingerprint density at radius 3 is 2.88 bits per heavy atom. The molecule has 1 aromatic heterocycles. The minimum atomic E-state index is -3.65. The van der Waals surface area contributed by atoms with E-state index in [4.69, 9.17) is 0 Å². The third-order valence-corrected chi connectivity index (χ3v) is 7.61. The molecule has 3 heterocycles. The predicted octanol–water partition coefficient (Wildman–Crippen LogP) is 1.82. The number of hydrogen-bond acceptors (Lipinski definition) is 6. The number of amidine groups is 1. The maximum atomic E-state index is 13.0. The van der Waals surface area contributed by atoms with Gasteiger partial charge in [-0.1, -0.05) is 38.8 Å². The number of aliphatic imine (C=N–C) groups is 1. The Morgan fingerprint density at radius 1 is 1.25 bits per heavy atom. The maximum Gasteiger partial charge on any atom is 0.263 e. The van der Waals surface area contributed by atoms with Gasteiger partial charge in [-0.15, -0.1) is 10.2 Å². The molecule has 32 heavy (non-hydrogen) atoms. The summed E-state index contributed by atoms with van der Waals surface area (Å²) >= 11 is 0. The summed E-state index contributed by atoms with van der Waals surface area (Å²) in [6.45, 7) is 5.29. The van der Waals surface area contributed by atoms with Gasteiger partial charge in [0.1, 0.15) is 23.5 Å². The highest BCUT2D eigenvalue weighted by atomic mass is 32.2. The molecular weight excluding hydrogens is 428 g/mol. The number of amides is 1. The Balaban J connectivity index is 1.47. The van der Waals surface area contributed by atoms with Crippen molar-refractivity contribution in [3.05, 3.63) is 41.5 Å². The van der Waals surface area contributed by atoms with Crippen molar-refractivity contribution in [2.45, 2.75) is 69.9 Å². The van der Waals surface area contributed by atoms with Gasteiger partial charge < -0.3 is 9.88 Å². The largest absolute Gasteiger partial charge is 0.354 e. The van der Waals surface area contributed by atoms with E-state index in [0.717, 1.165) is 43.9 Å². The molecule has 0 saturated carbocycles. The highest BCUT2D eigenvalue weighted by Gasteiger charge is 2.33. The van der Waals surface area contributed by atoms with Gasteiger partial charge in [0.25, 0.3) is 10.0 Å². The normalized spacial score (nSPS) is 20.0. The Morgan fingerprint density at radius 2 is 2.06 bits per heavy atom. The van der Waals surface area contributed by atoms with Crippen molar-refractivity contribution in [1.82, 2.24) is 24.8 Å². The molecule has 0 unspecified atom stereocenters. The van der Waals surface area contributed by atoms with Crippen molar-refractivity contribution in [2.75, 3.05) is 6.54 Å². The van der Waals surface area contributed by atoms with Gasteiger partial charge in [0.2, 0.25) is 5.91 Å². The molecule has 2 aliphatic heterocycles. The fourth-order valence-electron chi connectivity index (χ4n) is 4.17. The van der Waals surface area contributed by atoms with Crippen LogP contribution in [0.3, 0.4) is 0 Å². The van der Waals surface area contributed by atoms with Crippen molar-refractivity contribution in [2.24, 2.45) is 10.9 Å². The zero-order chi connectivity index (χ0) is 22.7. The highest BCUT2D eigenvalue weighted by molar-refractivity contribution is 7.90. The van der Waals surface area contributed by atoms with E-state index in [2.05, 4.69) is 29.8 Å². The molecule has 2 aliphatic rings. The molecule has 1 aromatic carbocycles. The number of carbonyl (C=O) groups is 1. The molecule has 0 saturated heterocycles. The first-order chi connectivity index (χ1) is 15.4. The van der Waals surface area contributed by atoms with E-state index in [1.165, 1.54) is 6.42 Å². The fourth-order valence-corrected chi connectivity index (χ4v) is 5.41. The topological polar surface area (TPSA) is 118 Å². The van der Waals surface area contributed by atoms with Gasteiger partial charge in [-0.05, 0) is 30.9 Å². The number of nitrogens with one attached hydrogen (secondary N) is 2. The Labute approximate surface area is 188 Å². The van der Waals surface area contributed by atoms with E-state index in [9.17, 15) is 13.2 Å². The average Bonchev–Trinajstić information content (AvgIpc) is 3.17. The van der Waals surface area contributed by atoms with Crippen LogP contribution in [0.1, 0.15) is 56.7 Å². The molecule has 2 aromatic rings. The Bertz CT molecular complexity index is 1120. The molecule has 0 spiro atoms. The highest BCUT2D eigenvalue weighted by Crippen LogP contribution is 2.24. The first kappa shape index (κ1) is 22.4. The smallest absolute Gasteiger partial charge is 0.263 e. The first-order valence-corrected chi connectivity index (χ1v) is 12.8. The number of carbonyl (C=O) groups excluding carboxylic acids is 1. The molecule has 1 amide bonds. The molecule has 2 atom stereocenters. The summed E-state index contributed by atoms with van der Waals surface area (Å²) in [7, 11) is -3.65. The lowest BCUT2D eigenvalue weighted by molar-refractivity contribution is -0.123. The molecule has 2 N–H and O–H groups in total. The number of benzene rings is 1. The minimum absolute atomic E-state index is 0.0517. The van der Waals surface area contributed by atoms with Gasteiger partial charge >= 0.3 is 0 Å². The van der Waals surface area contributed by atoms with Crippen molar-refractivity contribution in [3.63, 3.8) is 0 Å². The number of nitrogens with zero attached hydrogens (tertiary/aromatic N) is 4. The third-order valence-electron chi connectivity index (χ3n) is 6.22. The summed E-state index contributed by atoms with van der Waals surface area (Å²) in [4.78, 5) is 17.8. The molecule has 0 aliphatic carbocycles. The third kappa shape index (κ3) is 4.55. The predicted molar refractivity (Wildman–Crippen MR) is 121 cm³/mol. The second kappa shape index (κ2) is 9.40. The van der Waals surface area contributed by atoms with Gasteiger partial charge in [-0.2, -0.15) is 0 Å². The zero-order valence-electron chi connectivity index (χ0n) is 18.5. The monoisotopic (exact) mass is 458 g/mol. The SMILES string of the molecule is CC[C@H](C)[C@H](N=C1NS(=O)(=O)c2ccccc21)C(=O)NCCc1nnc2n1CCCCC2. The minimum Gasteiger partial charge on any atom is -0.354 e. The lowest BCUT2D eigenvalue weighted by Gasteiger charge is -2.19. The van der Waals surface area contributed by atoms with E-state index in [-0.39, 0.29) is 22.6 Å². The van der Waals surface area contributed by atoms with E-state index < -0.39 is 16.1 Å². The second-order valence-electron chi connectivity index (χ2n) is 8.45. The number of hydrogen-bond donors (Lipinski definition) is 2. The van der Waals surface area contributed by atoms with Crippen LogP contribution in [-0.4, -0.2) is 47.5 Å². The van der Waals surface area contributed by atoms with Crippen LogP contribution in [0, 0.1) is 5.92 Å². The first-order valence-electron chi connectivity index (χ1n) is 11.3. The molecule has 172 valence electrons.